The molecule has 1 atom stereocenters. The number of amides is 1. The van der Waals surface area contributed by atoms with E-state index < -0.39 is 23.7 Å². The van der Waals surface area contributed by atoms with Gasteiger partial charge in [-0.2, -0.15) is 0 Å². The first-order valence-electron chi connectivity index (χ1n) is 6.38. The summed E-state index contributed by atoms with van der Waals surface area (Å²) in [6.45, 7) is 4.84. The van der Waals surface area contributed by atoms with E-state index in [4.69, 9.17) is 20.3 Å². The SMILES string of the molecule is CC(C)(C)OC(=O)N[C@H](COc1ccc(N)cc1)C(=O)O. The van der Waals surface area contributed by atoms with Crippen molar-refractivity contribution in [2.75, 3.05) is 12.3 Å². The fourth-order valence-corrected chi connectivity index (χ4v) is 1.37. The molecule has 0 aliphatic heterocycles. The number of hydrogen-bond donors (Lipinski definition) is 3. The molecule has 1 aromatic rings. The lowest BCUT2D eigenvalue weighted by molar-refractivity contribution is -0.140. The lowest BCUT2D eigenvalue weighted by Crippen LogP contribution is -2.46. The van der Waals surface area contributed by atoms with Crippen molar-refractivity contribution in [2.45, 2.75) is 32.4 Å². The number of carbonyl (C=O) groups is 2. The fraction of sp³-hybridized carbons (Fsp3) is 0.429. The Kier molecular flexibility index (Phi) is 5.40. The van der Waals surface area contributed by atoms with Crippen LogP contribution in [0.2, 0.25) is 0 Å². The number of nitrogens with two attached hydrogens (primary N) is 1. The summed E-state index contributed by atoms with van der Waals surface area (Å²) < 4.78 is 10.3. The van der Waals surface area contributed by atoms with Gasteiger partial charge in [0.05, 0.1) is 0 Å². The summed E-state index contributed by atoms with van der Waals surface area (Å²) in [4.78, 5) is 22.7. The summed E-state index contributed by atoms with van der Waals surface area (Å²) in [5, 5.41) is 11.3. The zero-order chi connectivity index (χ0) is 16.0. The molecule has 1 aromatic carbocycles. The van der Waals surface area contributed by atoms with E-state index in [0.717, 1.165) is 0 Å². The summed E-state index contributed by atoms with van der Waals surface area (Å²) in [6, 6.07) is 5.28. The molecule has 4 N–H and O–H groups in total. The van der Waals surface area contributed by atoms with Gasteiger partial charge in [-0.3, -0.25) is 0 Å². The number of benzene rings is 1. The number of nitrogens with one attached hydrogen (secondary N) is 1. The Labute approximate surface area is 123 Å². The van der Waals surface area contributed by atoms with Gasteiger partial charge in [0, 0.05) is 5.69 Å². The monoisotopic (exact) mass is 296 g/mol. The van der Waals surface area contributed by atoms with Crippen LogP contribution in [0.25, 0.3) is 0 Å². The van der Waals surface area contributed by atoms with Crippen molar-refractivity contribution in [2.24, 2.45) is 0 Å². The lowest BCUT2D eigenvalue weighted by Gasteiger charge is -2.22. The molecule has 0 heterocycles. The Morgan fingerprint density at radius 2 is 1.86 bits per heavy atom. The third-order valence-corrected chi connectivity index (χ3v) is 2.29. The molecule has 0 radical (unpaired) electrons. The summed E-state index contributed by atoms with van der Waals surface area (Å²) in [7, 11) is 0. The van der Waals surface area contributed by atoms with Gasteiger partial charge in [-0.25, -0.2) is 9.59 Å². The number of rotatable bonds is 5. The van der Waals surface area contributed by atoms with Gasteiger partial charge >= 0.3 is 12.1 Å². The molecular formula is C14H20N2O5. The van der Waals surface area contributed by atoms with Crippen molar-refractivity contribution in [1.82, 2.24) is 5.32 Å². The highest BCUT2D eigenvalue weighted by Crippen LogP contribution is 2.13. The van der Waals surface area contributed by atoms with Gasteiger partial charge in [0.15, 0.2) is 6.04 Å². The maximum atomic E-state index is 11.6. The van der Waals surface area contributed by atoms with Gasteiger partial charge in [0.25, 0.3) is 0 Å². The van der Waals surface area contributed by atoms with E-state index >= 15 is 0 Å². The highest BCUT2D eigenvalue weighted by molar-refractivity contribution is 5.80. The number of anilines is 1. The average molecular weight is 296 g/mol. The van der Waals surface area contributed by atoms with Crippen LogP contribution in [0.5, 0.6) is 5.75 Å². The molecule has 116 valence electrons. The molecule has 1 rings (SSSR count). The van der Waals surface area contributed by atoms with E-state index in [9.17, 15) is 9.59 Å². The molecule has 0 unspecified atom stereocenters. The van der Waals surface area contributed by atoms with Crippen LogP contribution in [0.1, 0.15) is 20.8 Å². The first-order valence-corrected chi connectivity index (χ1v) is 6.38. The first kappa shape index (κ1) is 16.6. The number of carboxylic acid groups (broad SMARTS) is 1. The molecule has 0 aliphatic rings. The third-order valence-electron chi connectivity index (χ3n) is 2.29. The Hall–Kier alpha value is -2.44. The topological polar surface area (TPSA) is 111 Å². The van der Waals surface area contributed by atoms with Crippen LogP contribution in [0.3, 0.4) is 0 Å². The van der Waals surface area contributed by atoms with Gasteiger partial charge in [-0.1, -0.05) is 0 Å². The summed E-state index contributed by atoms with van der Waals surface area (Å²) in [5.74, 6) is -0.752. The Balaban J connectivity index is 2.56. The van der Waals surface area contributed by atoms with Crippen molar-refractivity contribution in [1.29, 1.82) is 0 Å². The fourth-order valence-electron chi connectivity index (χ4n) is 1.37. The smallest absolute Gasteiger partial charge is 0.408 e. The van der Waals surface area contributed by atoms with Crippen LogP contribution in [-0.4, -0.2) is 35.4 Å². The predicted octanol–water partition coefficient (Wildman–Crippen LogP) is 1.63. The Morgan fingerprint density at radius 3 is 2.33 bits per heavy atom. The number of alkyl carbamates (subject to hydrolysis) is 1. The van der Waals surface area contributed by atoms with Gasteiger partial charge < -0.3 is 25.6 Å². The quantitative estimate of drug-likeness (QED) is 0.712. The maximum Gasteiger partial charge on any atom is 0.408 e. The minimum absolute atomic E-state index is 0.224. The lowest BCUT2D eigenvalue weighted by atomic mass is 10.2. The van der Waals surface area contributed by atoms with Gasteiger partial charge in [0.1, 0.15) is 18.0 Å². The van der Waals surface area contributed by atoms with Crippen molar-refractivity contribution in [3.05, 3.63) is 24.3 Å². The number of carboxylic acids is 1. The van der Waals surface area contributed by atoms with Crippen LogP contribution in [0, 0.1) is 0 Å². The summed E-state index contributed by atoms with van der Waals surface area (Å²) >= 11 is 0. The number of carbonyl (C=O) groups excluding carboxylic acids is 1. The van der Waals surface area contributed by atoms with Crippen LogP contribution >= 0.6 is 0 Å². The second kappa shape index (κ2) is 6.83. The highest BCUT2D eigenvalue weighted by atomic mass is 16.6. The zero-order valence-corrected chi connectivity index (χ0v) is 12.3. The average Bonchev–Trinajstić information content (AvgIpc) is 2.33. The molecule has 0 aromatic heterocycles. The van der Waals surface area contributed by atoms with Crippen LogP contribution in [0.4, 0.5) is 10.5 Å². The summed E-state index contributed by atoms with van der Waals surface area (Å²) in [5.41, 5.74) is 5.40. The van der Waals surface area contributed by atoms with Gasteiger partial charge in [-0.15, -0.1) is 0 Å². The third kappa shape index (κ3) is 6.51. The molecule has 21 heavy (non-hydrogen) atoms. The van der Waals surface area contributed by atoms with Gasteiger partial charge in [-0.05, 0) is 45.0 Å². The Bertz CT molecular complexity index is 493. The molecule has 7 heteroatoms. The van der Waals surface area contributed by atoms with E-state index in [1.807, 2.05) is 0 Å². The number of hydrogen-bond acceptors (Lipinski definition) is 5. The molecule has 0 saturated carbocycles. The molecule has 7 nitrogen and oxygen atoms in total. The highest BCUT2D eigenvalue weighted by Gasteiger charge is 2.24. The van der Waals surface area contributed by atoms with E-state index in [2.05, 4.69) is 5.32 Å². The summed E-state index contributed by atoms with van der Waals surface area (Å²) in [6.07, 6.45) is -0.809. The van der Waals surface area contributed by atoms with Gasteiger partial charge in [0.2, 0.25) is 0 Å². The van der Waals surface area contributed by atoms with Crippen molar-refractivity contribution in [3.8, 4) is 5.75 Å². The van der Waals surface area contributed by atoms with Crippen LogP contribution in [0.15, 0.2) is 24.3 Å². The first-order chi connectivity index (χ1) is 9.67. The largest absolute Gasteiger partial charge is 0.491 e. The molecule has 1 amide bonds. The normalized spacial score (nSPS) is 12.3. The number of ether oxygens (including phenoxy) is 2. The van der Waals surface area contributed by atoms with E-state index in [0.29, 0.717) is 11.4 Å². The molecule has 0 aliphatic carbocycles. The predicted molar refractivity (Wildman–Crippen MR) is 77.1 cm³/mol. The molecule has 0 bridgehead atoms. The van der Waals surface area contributed by atoms with Crippen molar-refractivity contribution in [3.63, 3.8) is 0 Å². The van der Waals surface area contributed by atoms with E-state index in [-0.39, 0.29) is 6.61 Å². The van der Waals surface area contributed by atoms with E-state index in [1.165, 1.54) is 0 Å². The Morgan fingerprint density at radius 1 is 1.29 bits per heavy atom. The second-order valence-corrected chi connectivity index (χ2v) is 5.42. The molecule has 0 fully saturated rings. The standard InChI is InChI=1S/C14H20N2O5/c1-14(2,3)21-13(19)16-11(12(17)18)8-20-10-6-4-9(15)5-7-10/h4-7,11H,8,15H2,1-3H3,(H,16,19)(H,17,18)/t11-/m1/s1. The molecular weight excluding hydrogens is 276 g/mol. The number of nitrogen functional groups attached to an aromatic ring is 1. The molecule has 0 spiro atoms. The minimum Gasteiger partial charge on any atom is -0.491 e. The van der Waals surface area contributed by atoms with E-state index in [1.54, 1.807) is 45.0 Å². The number of aliphatic carboxylic acids is 1. The van der Waals surface area contributed by atoms with Crippen molar-refractivity contribution >= 4 is 17.7 Å². The molecule has 0 saturated heterocycles. The minimum atomic E-state index is -1.21. The van der Waals surface area contributed by atoms with Crippen LogP contribution in [-0.2, 0) is 9.53 Å². The van der Waals surface area contributed by atoms with Crippen molar-refractivity contribution < 1.29 is 24.2 Å². The zero-order valence-electron chi connectivity index (χ0n) is 12.3. The maximum absolute atomic E-state index is 11.6. The second-order valence-electron chi connectivity index (χ2n) is 5.42. The van der Waals surface area contributed by atoms with Crippen LogP contribution < -0.4 is 15.8 Å².